The first kappa shape index (κ1) is 30.6. The molecule has 0 bridgehead atoms. The summed E-state index contributed by atoms with van der Waals surface area (Å²) >= 11 is 0.972. The number of nitriles is 1. The van der Waals surface area contributed by atoms with E-state index >= 15 is 4.39 Å². The number of aromatic nitrogens is 1. The molecule has 5 rings (SSSR count). The number of amidine groups is 1. The van der Waals surface area contributed by atoms with Crippen molar-refractivity contribution >= 4 is 44.0 Å². The number of pyridine rings is 1. The Labute approximate surface area is 244 Å². The van der Waals surface area contributed by atoms with Crippen LogP contribution in [0.5, 0.6) is 0 Å². The van der Waals surface area contributed by atoms with Crippen LogP contribution >= 0.6 is 11.3 Å². The predicted molar refractivity (Wildman–Crippen MR) is 164 cm³/mol. The van der Waals surface area contributed by atoms with Gasteiger partial charge in [-0.2, -0.15) is 5.26 Å². The van der Waals surface area contributed by atoms with Gasteiger partial charge in [0.05, 0.1) is 35.4 Å². The standard InChI is InChI=1S/C27H27F2N5OS.C4H11N/c1-4-14(2)21-17(10-32-15(3)34-7-5-6-8-34)18-12-35-13-19(18)22(24(21)29)25-23-16(9-30)27(31)36-26(23)20(28)11-33-25;1-4(2)5-3/h10-11H,4-8,12-13,31H2,1-3H3;4-5H,1-3H3/b17-10-,21-14?,32-15?;. The SMILES string of the molecule is CCC(C)=c1c(F)c(-c2ncc(F)c3sc(N)c(C#N)c23)c2c(/c1=C/N=C(C)N1CCCC1)COC2.CNC(C)C. The molecule has 218 valence electrons. The summed E-state index contributed by atoms with van der Waals surface area (Å²) in [6.45, 7) is 12.5. The Hall–Kier alpha value is -3.39. The van der Waals surface area contributed by atoms with Crippen LogP contribution in [0, 0.1) is 23.0 Å². The highest BCUT2D eigenvalue weighted by Gasteiger charge is 2.28. The largest absolute Gasteiger partial charge is 0.389 e. The zero-order chi connectivity index (χ0) is 29.8. The molecule has 2 aromatic heterocycles. The highest BCUT2D eigenvalue weighted by atomic mass is 32.1. The van der Waals surface area contributed by atoms with Crippen LogP contribution in [0.15, 0.2) is 11.2 Å². The molecule has 0 unspecified atom stereocenters. The highest BCUT2D eigenvalue weighted by Crippen LogP contribution is 2.42. The molecule has 0 radical (unpaired) electrons. The molecular weight excluding hydrogens is 542 g/mol. The average molecular weight is 581 g/mol. The van der Waals surface area contributed by atoms with Crippen molar-refractivity contribution in [2.45, 2.75) is 73.1 Å². The van der Waals surface area contributed by atoms with Crippen molar-refractivity contribution in [2.75, 3.05) is 25.9 Å². The molecule has 0 amide bonds. The molecule has 4 heterocycles. The molecule has 0 saturated carbocycles. The van der Waals surface area contributed by atoms with E-state index in [9.17, 15) is 9.65 Å². The molecule has 3 N–H and O–H groups in total. The van der Waals surface area contributed by atoms with Gasteiger partial charge in [-0.25, -0.2) is 13.8 Å². The number of thiophene rings is 1. The molecule has 1 saturated heterocycles. The molecule has 0 atom stereocenters. The summed E-state index contributed by atoms with van der Waals surface area (Å²) in [5.74, 6) is -0.152. The number of aliphatic imine (C=N–C) groups is 1. The molecular formula is C31H38F2N6OS. The van der Waals surface area contributed by atoms with E-state index in [2.05, 4.69) is 35.1 Å². The van der Waals surface area contributed by atoms with E-state index in [4.69, 9.17) is 15.5 Å². The quantitative estimate of drug-likeness (QED) is 0.326. The van der Waals surface area contributed by atoms with Crippen molar-refractivity contribution < 1.29 is 13.5 Å². The van der Waals surface area contributed by atoms with Crippen molar-refractivity contribution in [2.24, 2.45) is 4.99 Å². The number of benzene rings is 1. The second-order valence-electron chi connectivity index (χ2n) is 10.6. The van der Waals surface area contributed by atoms with Crippen LogP contribution < -0.4 is 21.5 Å². The Morgan fingerprint density at radius 2 is 1.93 bits per heavy atom. The van der Waals surface area contributed by atoms with Crippen LogP contribution in [0.4, 0.5) is 13.8 Å². The predicted octanol–water partition coefficient (Wildman–Crippen LogP) is 5.17. The molecule has 41 heavy (non-hydrogen) atoms. The zero-order valence-electron chi connectivity index (χ0n) is 24.6. The lowest BCUT2D eigenvalue weighted by Crippen LogP contribution is -2.35. The topological polar surface area (TPSA) is 99.6 Å². The number of nitrogens with zero attached hydrogens (tertiary/aromatic N) is 4. The number of rotatable bonds is 4. The van der Waals surface area contributed by atoms with Crippen LogP contribution in [-0.2, 0) is 18.0 Å². The third-order valence-electron chi connectivity index (χ3n) is 7.72. The van der Waals surface area contributed by atoms with Crippen LogP contribution in [0.3, 0.4) is 0 Å². The summed E-state index contributed by atoms with van der Waals surface area (Å²) in [5.41, 5.74) is 8.94. The van der Waals surface area contributed by atoms with Crippen LogP contribution in [0.25, 0.3) is 33.1 Å². The second-order valence-corrected chi connectivity index (χ2v) is 11.7. The van der Waals surface area contributed by atoms with Gasteiger partial charge in [0.15, 0.2) is 5.82 Å². The van der Waals surface area contributed by atoms with E-state index in [0.29, 0.717) is 35.1 Å². The van der Waals surface area contributed by atoms with Crippen LogP contribution in [-0.4, -0.2) is 41.9 Å². The molecule has 0 aliphatic carbocycles. The minimum atomic E-state index is -0.589. The third kappa shape index (κ3) is 5.98. The summed E-state index contributed by atoms with van der Waals surface area (Å²) in [6, 6.07) is 2.69. The van der Waals surface area contributed by atoms with Gasteiger partial charge in [0.1, 0.15) is 22.7 Å². The average Bonchev–Trinajstić information content (AvgIpc) is 3.72. The number of likely N-dealkylation sites (tertiary alicyclic amines) is 1. The summed E-state index contributed by atoms with van der Waals surface area (Å²) in [4.78, 5) is 11.3. The smallest absolute Gasteiger partial charge is 0.159 e. The highest BCUT2D eigenvalue weighted by molar-refractivity contribution is 7.23. The number of fused-ring (bicyclic) bond motifs is 2. The maximum absolute atomic E-state index is 16.6. The van der Waals surface area contributed by atoms with Crippen molar-refractivity contribution in [1.82, 2.24) is 15.2 Å². The summed E-state index contributed by atoms with van der Waals surface area (Å²) < 4.78 is 37.3. The number of hydrogen-bond donors (Lipinski definition) is 2. The lowest BCUT2D eigenvalue weighted by Gasteiger charge is -2.16. The van der Waals surface area contributed by atoms with E-state index in [1.54, 1.807) is 6.20 Å². The van der Waals surface area contributed by atoms with Crippen molar-refractivity contribution in [3.05, 3.63) is 45.0 Å². The van der Waals surface area contributed by atoms with E-state index in [1.165, 1.54) is 0 Å². The lowest BCUT2D eigenvalue weighted by atomic mass is 9.92. The van der Waals surface area contributed by atoms with E-state index in [1.807, 2.05) is 27.8 Å². The molecule has 10 heteroatoms. The Morgan fingerprint density at radius 1 is 1.27 bits per heavy atom. The number of anilines is 1. The van der Waals surface area contributed by atoms with Gasteiger partial charge in [0.25, 0.3) is 0 Å². The van der Waals surface area contributed by atoms with Gasteiger partial charge in [0, 0.05) is 46.7 Å². The van der Waals surface area contributed by atoms with Gasteiger partial charge < -0.3 is 20.7 Å². The minimum Gasteiger partial charge on any atom is -0.389 e. The third-order valence-corrected chi connectivity index (χ3v) is 8.74. The fraction of sp³-hybridized carbons (Fsp3) is 0.452. The first-order valence-electron chi connectivity index (χ1n) is 14.0. The van der Waals surface area contributed by atoms with Gasteiger partial charge in [-0.1, -0.05) is 26.3 Å². The molecule has 2 aliphatic rings. The first-order valence-corrected chi connectivity index (χ1v) is 14.8. The zero-order valence-corrected chi connectivity index (χ0v) is 25.4. The Balaban J connectivity index is 0.000000714. The van der Waals surface area contributed by atoms with Crippen molar-refractivity contribution in [1.29, 1.82) is 5.26 Å². The number of nitrogens with two attached hydrogens (primary N) is 1. The Morgan fingerprint density at radius 3 is 2.54 bits per heavy atom. The second kappa shape index (κ2) is 13.1. The Kier molecular flexibility index (Phi) is 9.74. The minimum absolute atomic E-state index is 0.114. The van der Waals surface area contributed by atoms with Gasteiger partial charge in [-0.3, -0.25) is 4.98 Å². The lowest BCUT2D eigenvalue weighted by molar-refractivity contribution is 0.134. The van der Waals surface area contributed by atoms with E-state index in [0.717, 1.165) is 60.4 Å². The molecule has 0 spiro atoms. The summed E-state index contributed by atoms with van der Waals surface area (Å²) in [6.07, 6.45) is 5.73. The maximum atomic E-state index is 16.6. The van der Waals surface area contributed by atoms with Gasteiger partial charge >= 0.3 is 0 Å². The maximum Gasteiger partial charge on any atom is 0.159 e. The van der Waals surface area contributed by atoms with E-state index in [-0.39, 0.29) is 38.5 Å². The molecule has 1 aromatic carbocycles. The number of nitrogen functional groups attached to an aromatic ring is 1. The number of ether oxygens (including phenoxy) is 1. The number of halogens is 2. The van der Waals surface area contributed by atoms with Gasteiger partial charge in [-0.05, 0) is 51.3 Å². The fourth-order valence-electron chi connectivity index (χ4n) is 5.07. The normalized spacial score (nSPS) is 16.2. The first-order chi connectivity index (χ1) is 19.6. The van der Waals surface area contributed by atoms with Crippen LogP contribution in [0.2, 0.25) is 0 Å². The molecule has 2 aliphatic heterocycles. The molecule has 1 fully saturated rings. The number of hydrogen-bond acceptors (Lipinski definition) is 7. The summed E-state index contributed by atoms with van der Waals surface area (Å²) in [7, 11) is 1.95. The Bertz CT molecular complexity index is 1650. The molecule has 7 nitrogen and oxygen atoms in total. The van der Waals surface area contributed by atoms with Crippen LogP contribution in [0.1, 0.15) is 70.6 Å². The number of nitrogens with one attached hydrogen (secondary N) is 1. The fourth-order valence-corrected chi connectivity index (χ4v) is 5.99. The van der Waals surface area contributed by atoms with Crippen molar-refractivity contribution in [3.63, 3.8) is 0 Å². The van der Waals surface area contributed by atoms with Gasteiger partial charge in [0.2, 0.25) is 0 Å². The monoisotopic (exact) mass is 580 g/mol. The summed E-state index contributed by atoms with van der Waals surface area (Å²) in [5, 5.41) is 14.4. The van der Waals surface area contributed by atoms with Gasteiger partial charge in [-0.15, -0.1) is 11.3 Å². The molecule has 3 aromatic rings. The van der Waals surface area contributed by atoms with Crippen molar-refractivity contribution in [3.8, 4) is 17.3 Å². The van der Waals surface area contributed by atoms with E-state index < -0.39 is 11.6 Å².